The molecule has 0 amide bonds. The van der Waals surface area contributed by atoms with Crippen molar-refractivity contribution in [3.63, 3.8) is 0 Å². The van der Waals surface area contributed by atoms with E-state index in [1.165, 1.54) is 18.9 Å². The Morgan fingerprint density at radius 2 is 2.10 bits per heavy atom. The monoisotopic (exact) mass is 407 g/mol. The molecule has 1 fully saturated rings. The molecule has 4 nitrogen and oxygen atoms in total. The molecule has 1 aliphatic carbocycles. The van der Waals surface area contributed by atoms with Crippen LogP contribution in [0.5, 0.6) is 0 Å². The maximum atomic E-state index is 13.5. The Balaban J connectivity index is 0.00000220. The first-order chi connectivity index (χ1) is 9.79. The minimum atomic E-state index is -0.205. The summed E-state index contributed by atoms with van der Waals surface area (Å²) in [4.78, 5) is 4.09. The largest absolute Gasteiger partial charge is 0.379 e. The van der Waals surface area contributed by atoms with Gasteiger partial charge in [0.2, 0.25) is 0 Å². The summed E-state index contributed by atoms with van der Waals surface area (Å²) < 4.78 is 19.0. The van der Waals surface area contributed by atoms with Crippen LogP contribution in [0.3, 0.4) is 0 Å². The molecular weight excluding hydrogens is 384 g/mol. The van der Waals surface area contributed by atoms with Gasteiger partial charge in [0.15, 0.2) is 5.96 Å². The van der Waals surface area contributed by atoms with Gasteiger partial charge in [0.1, 0.15) is 5.82 Å². The summed E-state index contributed by atoms with van der Waals surface area (Å²) in [7, 11) is 1.70. The zero-order valence-electron chi connectivity index (χ0n) is 12.3. The third kappa shape index (κ3) is 7.08. The van der Waals surface area contributed by atoms with Gasteiger partial charge in [0, 0.05) is 32.3 Å². The molecule has 1 saturated carbocycles. The predicted molar refractivity (Wildman–Crippen MR) is 93.6 cm³/mol. The normalized spacial score (nSPS) is 14.5. The molecule has 0 radical (unpaired) electrons. The fourth-order valence-corrected chi connectivity index (χ4v) is 1.82. The lowest BCUT2D eigenvalue weighted by Gasteiger charge is -2.12. The molecule has 1 aliphatic rings. The van der Waals surface area contributed by atoms with Crippen molar-refractivity contribution in [2.24, 2.45) is 10.9 Å². The molecule has 0 saturated heterocycles. The SMILES string of the molecule is CN=C(NCCOCC1CC1)NCc1ccccc1F.I. The van der Waals surface area contributed by atoms with Crippen molar-refractivity contribution < 1.29 is 9.13 Å². The molecule has 6 heteroatoms. The molecule has 0 aromatic heterocycles. The maximum Gasteiger partial charge on any atom is 0.191 e. The van der Waals surface area contributed by atoms with Gasteiger partial charge in [-0.05, 0) is 24.8 Å². The van der Waals surface area contributed by atoms with Crippen molar-refractivity contribution in [2.75, 3.05) is 26.8 Å². The number of benzene rings is 1. The van der Waals surface area contributed by atoms with Gasteiger partial charge in [-0.2, -0.15) is 0 Å². The highest BCUT2D eigenvalue weighted by molar-refractivity contribution is 14.0. The summed E-state index contributed by atoms with van der Waals surface area (Å²) in [6, 6.07) is 6.72. The van der Waals surface area contributed by atoms with E-state index in [4.69, 9.17) is 4.74 Å². The molecule has 0 atom stereocenters. The molecule has 2 N–H and O–H groups in total. The molecule has 0 heterocycles. The fourth-order valence-electron chi connectivity index (χ4n) is 1.82. The van der Waals surface area contributed by atoms with Crippen molar-refractivity contribution in [3.8, 4) is 0 Å². The molecule has 0 spiro atoms. The van der Waals surface area contributed by atoms with E-state index in [9.17, 15) is 4.39 Å². The number of nitrogens with one attached hydrogen (secondary N) is 2. The minimum absolute atomic E-state index is 0. The molecule has 118 valence electrons. The lowest BCUT2D eigenvalue weighted by molar-refractivity contribution is 0.129. The Bertz CT molecular complexity index is 452. The first-order valence-corrected chi connectivity index (χ1v) is 7.05. The summed E-state index contributed by atoms with van der Waals surface area (Å²) in [5, 5.41) is 6.23. The topological polar surface area (TPSA) is 45.7 Å². The predicted octanol–water partition coefficient (Wildman–Crippen LogP) is 2.54. The van der Waals surface area contributed by atoms with Crippen LogP contribution in [0.1, 0.15) is 18.4 Å². The van der Waals surface area contributed by atoms with E-state index in [1.807, 2.05) is 6.07 Å². The van der Waals surface area contributed by atoms with Crippen molar-refractivity contribution in [2.45, 2.75) is 19.4 Å². The molecule has 0 aliphatic heterocycles. The van der Waals surface area contributed by atoms with Gasteiger partial charge >= 0.3 is 0 Å². The molecule has 21 heavy (non-hydrogen) atoms. The Morgan fingerprint density at radius 3 is 2.76 bits per heavy atom. The number of halogens is 2. The van der Waals surface area contributed by atoms with E-state index >= 15 is 0 Å². The van der Waals surface area contributed by atoms with Crippen LogP contribution in [-0.2, 0) is 11.3 Å². The Morgan fingerprint density at radius 1 is 1.33 bits per heavy atom. The second-order valence-electron chi connectivity index (χ2n) is 4.96. The van der Waals surface area contributed by atoms with Crippen molar-refractivity contribution in [1.29, 1.82) is 0 Å². The fraction of sp³-hybridized carbons (Fsp3) is 0.533. The van der Waals surface area contributed by atoms with Gasteiger partial charge in [-0.25, -0.2) is 4.39 Å². The number of hydrogen-bond donors (Lipinski definition) is 2. The Labute approximate surface area is 142 Å². The van der Waals surface area contributed by atoms with E-state index in [0.29, 0.717) is 31.2 Å². The number of ether oxygens (including phenoxy) is 1. The molecule has 0 bridgehead atoms. The lowest BCUT2D eigenvalue weighted by atomic mass is 10.2. The van der Waals surface area contributed by atoms with Crippen LogP contribution in [0.4, 0.5) is 4.39 Å². The van der Waals surface area contributed by atoms with Gasteiger partial charge in [-0.3, -0.25) is 4.99 Å². The Hall–Kier alpha value is -0.890. The molecule has 2 rings (SSSR count). The summed E-state index contributed by atoms with van der Waals surface area (Å²) in [6.45, 7) is 2.64. The summed E-state index contributed by atoms with van der Waals surface area (Å²) in [6.07, 6.45) is 2.61. The van der Waals surface area contributed by atoms with Crippen molar-refractivity contribution >= 4 is 29.9 Å². The Kier molecular flexibility index (Phi) is 8.60. The maximum absolute atomic E-state index is 13.5. The molecule has 1 aromatic carbocycles. The zero-order valence-corrected chi connectivity index (χ0v) is 14.6. The van der Waals surface area contributed by atoms with Crippen molar-refractivity contribution in [1.82, 2.24) is 10.6 Å². The molecule has 0 unspecified atom stereocenters. The first-order valence-electron chi connectivity index (χ1n) is 7.05. The van der Waals surface area contributed by atoms with Gasteiger partial charge in [0.25, 0.3) is 0 Å². The summed E-state index contributed by atoms with van der Waals surface area (Å²) in [5.74, 6) is 1.24. The molecular formula is C15H23FIN3O. The van der Waals surface area contributed by atoms with Gasteiger partial charge in [-0.1, -0.05) is 18.2 Å². The lowest BCUT2D eigenvalue weighted by Crippen LogP contribution is -2.38. The van der Waals surface area contributed by atoms with Gasteiger partial charge in [0.05, 0.1) is 6.61 Å². The van der Waals surface area contributed by atoms with E-state index in [0.717, 1.165) is 12.5 Å². The van der Waals surface area contributed by atoms with Crippen LogP contribution in [0.25, 0.3) is 0 Å². The quantitative estimate of drug-likeness (QED) is 0.316. The van der Waals surface area contributed by atoms with Gasteiger partial charge in [-0.15, -0.1) is 24.0 Å². The number of rotatable bonds is 7. The van der Waals surface area contributed by atoms with Crippen LogP contribution >= 0.6 is 24.0 Å². The third-order valence-electron chi connectivity index (χ3n) is 3.22. The van der Waals surface area contributed by atoms with Crippen LogP contribution in [0, 0.1) is 11.7 Å². The van der Waals surface area contributed by atoms with Crippen LogP contribution in [0.2, 0.25) is 0 Å². The second kappa shape index (κ2) is 9.94. The third-order valence-corrected chi connectivity index (χ3v) is 3.22. The van der Waals surface area contributed by atoms with Crippen LogP contribution in [0.15, 0.2) is 29.3 Å². The summed E-state index contributed by atoms with van der Waals surface area (Å²) in [5.41, 5.74) is 0.625. The zero-order chi connectivity index (χ0) is 14.2. The second-order valence-corrected chi connectivity index (χ2v) is 4.96. The van der Waals surface area contributed by atoms with Gasteiger partial charge < -0.3 is 15.4 Å². The van der Waals surface area contributed by atoms with Crippen molar-refractivity contribution in [3.05, 3.63) is 35.6 Å². The van der Waals surface area contributed by atoms with E-state index < -0.39 is 0 Å². The highest BCUT2D eigenvalue weighted by Gasteiger charge is 2.20. The van der Waals surface area contributed by atoms with E-state index in [1.54, 1.807) is 19.2 Å². The first kappa shape index (κ1) is 18.2. The number of aliphatic imine (C=N–C) groups is 1. The van der Waals surface area contributed by atoms with Crippen LogP contribution < -0.4 is 10.6 Å². The van der Waals surface area contributed by atoms with E-state index in [-0.39, 0.29) is 29.8 Å². The molecule has 1 aromatic rings. The average molecular weight is 407 g/mol. The number of guanidine groups is 1. The average Bonchev–Trinajstić information content (AvgIpc) is 3.27. The van der Waals surface area contributed by atoms with Crippen LogP contribution in [-0.4, -0.2) is 32.8 Å². The highest BCUT2D eigenvalue weighted by atomic mass is 127. The summed E-state index contributed by atoms with van der Waals surface area (Å²) >= 11 is 0. The number of nitrogens with zero attached hydrogens (tertiary/aromatic N) is 1. The number of hydrogen-bond acceptors (Lipinski definition) is 2. The minimum Gasteiger partial charge on any atom is -0.379 e. The standard InChI is InChI=1S/C15H22FN3O.HI/c1-17-15(18-8-9-20-11-12-6-7-12)19-10-13-4-2-3-5-14(13)16;/h2-5,12H,6-11H2,1H3,(H2,17,18,19);1H. The van der Waals surface area contributed by atoms with E-state index in [2.05, 4.69) is 15.6 Å². The highest BCUT2D eigenvalue weighted by Crippen LogP contribution is 2.28. The smallest absolute Gasteiger partial charge is 0.191 e.